The Morgan fingerprint density at radius 2 is 2.07 bits per heavy atom. The number of hydrogen-bond donors (Lipinski definition) is 2. The summed E-state index contributed by atoms with van der Waals surface area (Å²) in [7, 11) is 0. The molecule has 0 aromatic heterocycles. The van der Waals surface area contributed by atoms with Crippen molar-refractivity contribution < 1.29 is 4.55 Å². The van der Waals surface area contributed by atoms with E-state index >= 15 is 0 Å². The fourth-order valence-electron chi connectivity index (χ4n) is 1.60. The molecule has 0 fully saturated rings. The van der Waals surface area contributed by atoms with Gasteiger partial charge >= 0.3 is 0 Å². The summed E-state index contributed by atoms with van der Waals surface area (Å²) in [5, 5.41) is 3.50. The quantitative estimate of drug-likeness (QED) is 0.551. The van der Waals surface area contributed by atoms with E-state index in [9.17, 15) is 0 Å². The van der Waals surface area contributed by atoms with Gasteiger partial charge in [0.15, 0.2) is 0 Å². The van der Waals surface area contributed by atoms with E-state index in [0.717, 1.165) is 37.2 Å². The lowest BCUT2D eigenvalue weighted by molar-refractivity contribution is 0.518. The maximum atomic E-state index is 8.59. The van der Waals surface area contributed by atoms with Gasteiger partial charge < -0.3 is 9.87 Å². The molecule has 84 valence electrons. The lowest BCUT2D eigenvalue weighted by Gasteiger charge is -2.17. The molecule has 1 atom stereocenters. The summed E-state index contributed by atoms with van der Waals surface area (Å²) < 4.78 is 8.59. The van der Waals surface area contributed by atoms with Crippen LogP contribution in [0.1, 0.15) is 31.4 Å². The molecule has 0 aliphatic rings. The van der Waals surface area contributed by atoms with Gasteiger partial charge in [0.25, 0.3) is 0 Å². The Labute approximate surface area is 96.3 Å². The Hall–Kier alpha value is -0.510. The van der Waals surface area contributed by atoms with Crippen LogP contribution in [-0.4, -0.2) is 16.9 Å². The second kappa shape index (κ2) is 7.74. The zero-order valence-corrected chi connectivity index (χ0v) is 9.96. The Balaban J connectivity index is 2.36. The van der Waals surface area contributed by atoms with E-state index in [4.69, 9.17) is 4.55 Å². The maximum absolute atomic E-state index is 8.59. The van der Waals surface area contributed by atoms with Gasteiger partial charge in [-0.3, -0.25) is 0 Å². The zero-order valence-electron chi connectivity index (χ0n) is 9.15. The van der Waals surface area contributed by atoms with Crippen molar-refractivity contribution in [2.24, 2.45) is 0 Å². The van der Waals surface area contributed by atoms with Gasteiger partial charge in [-0.1, -0.05) is 37.3 Å². The van der Waals surface area contributed by atoms with E-state index in [0.29, 0.717) is 6.04 Å². The molecular formula is C12H19NOS. The van der Waals surface area contributed by atoms with Crippen LogP contribution in [0.3, 0.4) is 0 Å². The van der Waals surface area contributed by atoms with Crippen LogP contribution < -0.4 is 5.32 Å². The highest BCUT2D eigenvalue weighted by atomic mass is 32.2. The summed E-state index contributed by atoms with van der Waals surface area (Å²) in [5.41, 5.74) is 1.34. The average molecular weight is 225 g/mol. The molecule has 0 aliphatic carbocycles. The van der Waals surface area contributed by atoms with E-state index < -0.39 is 0 Å². The molecule has 1 rings (SSSR count). The van der Waals surface area contributed by atoms with Gasteiger partial charge in [0, 0.05) is 11.8 Å². The first-order valence-corrected chi connectivity index (χ1v) is 6.37. The van der Waals surface area contributed by atoms with Gasteiger partial charge in [0.1, 0.15) is 0 Å². The molecule has 1 unspecified atom stereocenters. The highest BCUT2D eigenvalue weighted by Crippen LogP contribution is 2.15. The molecule has 0 radical (unpaired) electrons. The van der Waals surface area contributed by atoms with Gasteiger partial charge in [-0.05, 0) is 37.0 Å². The summed E-state index contributed by atoms with van der Waals surface area (Å²) in [6, 6.07) is 10.9. The van der Waals surface area contributed by atoms with E-state index in [1.807, 2.05) is 6.07 Å². The van der Waals surface area contributed by atoms with Crippen molar-refractivity contribution >= 4 is 12.0 Å². The van der Waals surface area contributed by atoms with Gasteiger partial charge in [-0.2, -0.15) is 0 Å². The number of benzene rings is 1. The second-order valence-electron chi connectivity index (χ2n) is 3.51. The van der Waals surface area contributed by atoms with Crippen LogP contribution in [0.4, 0.5) is 0 Å². The second-order valence-corrected chi connectivity index (χ2v) is 4.18. The van der Waals surface area contributed by atoms with Gasteiger partial charge in [-0.25, -0.2) is 0 Å². The Morgan fingerprint density at radius 3 is 2.67 bits per heavy atom. The minimum atomic E-state index is 0.440. The first-order chi connectivity index (χ1) is 7.38. The fraction of sp³-hybridized carbons (Fsp3) is 0.500. The van der Waals surface area contributed by atoms with Crippen LogP contribution in [0.2, 0.25) is 0 Å². The normalized spacial score (nSPS) is 12.7. The van der Waals surface area contributed by atoms with Crippen molar-refractivity contribution in [1.29, 1.82) is 0 Å². The predicted molar refractivity (Wildman–Crippen MR) is 67.2 cm³/mol. The number of nitrogens with one attached hydrogen (secondary N) is 1. The molecule has 2 N–H and O–H groups in total. The van der Waals surface area contributed by atoms with E-state index in [2.05, 4.69) is 36.5 Å². The summed E-state index contributed by atoms with van der Waals surface area (Å²) >= 11 is 0.917. The summed E-state index contributed by atoms with van der Waals surface area (Å²) in [6.45, 7) is 3.15. The van der Waals surface area contributed by atoms with Crippen molar-refractivity contribution in [2.45, 2.75) is 25.8 Å². The minimum Gasteiger partial charge on any atom is -0.330 e. The molecule has 2 nitrogen and oxygen atoms in total. The molecule has 0 saturated heterocycles. The third-order valence-electron chi connectivity index (χ3n) is 2.41. The minimum absolute atomic E-state index is 0.440. The van der Waals surface area contributed by atoms with Gasteiger partial charge in [0.2, 0.25) is 0 Å². The molecular weight excluding hydrogens is 206 g/mol. The third-order valence-corrected chi connectivity index (χ3v) is 2.88. The molecule has 1 aromatic carbocycles. The first kappa shape index (κ1) is 12.6. The molecule has 0 spiro atoms. The first-order valence-electron chi connectivity index (χ1n) is 5.43. The van der Waals surface area contributed by atoms with Crippen LogP contribution in [0.5, 0.6) is 0 Å². The third kappa shape index (κ3) is 4.69. The van der Waals surface area contributed by atoms with E-state index in [-0.39, 0.29) is 0 Å². The van der Waals surface area contributed by atoms with E-state index in [1.54, 1.807) is 0 Å². The van der Waals surface area contributed by atoms with Crippen LogP contribution in [-0.2, 0) is 0 Å². The molecule has 3 heteroatoms. The maximum Gasteiger partial charge on any atom is 0.0317 e. The van der Waals surface area contributed by atoms with Crippen LogP contribution in [0.15, 0.2) is 30.3 Å². The smallest absolute Gasteiger partial charge is 0.0317 e. The summed E-state index contributed by atoms with van der Waals surface area (Å²) in [4.78, 5) is 0. The molecule has 0 heterocycles. The monoisotopic (exact) mass is 225 g/mol. The lowest BCUT2D eigenvalue weighted by Crippen LogP contribution is -2.22. The predicted octanol–water partition coefficient (Wildman–Crippen LogP) is 3.32. The zero-order chi connectivity index (χ0) is 10.9. The Morgan fingerprint density at radius 1 is 1.33 bits per heavy atom. The fourth-order valence-corrected chi connectivity index (χ4v) is 1.87. The standard InChI is InChI=1S/C12H19NOS/c1-2-12(13-9-6-10-15-14)11-7-4-3-5-8-11/h3-5,7-8,12-14H,2,6,9-10H2,1H3. The van der Waals surface area contributed by atoms with Crippen molar-refractivity contribution in [3.63, 3.8) is 0 Å². The SMILES string of the molecule is CCC(NCCCSO)c1ccccc1. The average Bonchev–Trinajstić information content (AvgIpc) is 2.30. The van der Waals surface area contributed by atoms with Crippen molar-refractivity contribution in [2.75, 3.05) is 12.3 Å². The topological polar surface area (TPSA) is 32.3 Å². The lowest BCUT2D eigenvalue weighted by atomic mass is 10.0. The van der Waals surface area contributed by atoms with Gasteiger partial charge in [-0.15, -0.1) is 0 Å². The highest BCUT2D eigenvalue weighted by Gasteiger charge is 2.06. The Kier molecular flexibility index (Phi) is 6.48. The Bertz CT molecular complexity index is 253. The van der Waals surface area contributed by atoms with Crippen molar-refractivity contribution in [1.82, 2.24) is 5.32 Å². The van der Waals surface area contributed by atoms with E-state index in [1.165, 1.54) is 5.56 Å². The summed E-state index contributed by atoms with van der Waals surface area (Å²) in [5.74, 6) is 0.804. The highest BCUT2D eigenvalue weighted by molar-refractivity contribution is 7.93. The molecule has 15 heavy (non-hydrogen) atoms. The van der Waals surface area contributed by atoms with Crippen molar-refractivity contribution in [3.05, 3.63) is 35.9 Å². The molecule has 1 aromatic rings. The van der Waals surface area contributed by atoms with Crippen LogP contribution >= 0.6 is 12.0 Å². The largest absolute Gasteiger partial charge is 0.330 e. The summed E-state index contributed by atoms with van der Waals surface area (Å²) in [6.07, 6.45) is 2.10. The van der Waals surface area contributed by atoms with Crippen LogP contribution in [0, 0.1) is 0 Å². The number of rotatable bonds is 7. The number of hydrogen-bond acceptors (Lipinski definition) is 3. The molecule has 0 saturated carbocycles. The molecule has 0 amide bonds. The van der Waals surface area contributed by atoms with Crippen LogP contribution in [0.25, 0.3) is 0 Å². The molecule has 0 bridgehead atoms. The molecule has 0 aliphatic heterocycles. The van der Waals surface area contributed by atoms with Gasteiger partial charge in [0.05, 0.1) is 0 Å². The van der Waals surface area contributed by atoms with Crippen molar-refractivity contribution in [3.8, 4) is 0 Å².